The van der Waals surface area contributed by atoms with Crippen LogP contribution in [0.2, 0.25) is 0 Å². The highest BCUT2D eigenvalue weighted by Crippen LogP contribution is 2.28. The fourth-order valence-electron chi connectivity index (χ4n) is 2.70. The molecule has 1 N–H and O–H groups in total. The average molecular weight is 228 g/mol. The van der Waals surface area contributed by atoms with Gasteiger partial charge in [0.25, 0.3) is 0 Å². The van der Waals surface area contributed by atoms with Crippen molar-refractivity contribution >= 4 is 0 Å². The number of rotatable bonds is 4. The number of aliphatic hydroxyl groups excluding tert-OH is 1. The quantitative estimate of drug-likeness (QED) is 0.620. The highest BCUT2D eigenvalue weighted by atomic mass is 16.3. The van der Waals surface area contributed by atoms with Crippen molar-refractivity contribution in [3.8, 4) is 12.3 Å². The highest BCUT2D eigenvalue weighted by Gasteiger charge is 2.24. The number of aryl methyl sites for hydroxylation is 1. The Balaban J connectivity index is 1.91. The molecule has 2 rings (SSSR count). The predicted molar refractivity (Wildman–Crippen MR) is 70.6 cm³/mol. The average Bonchev–Trinajstić information content (AvgIpc) is 2.38. The van der Waals surface area contributed by atoms with Crippen LogP contribution in [0.25, 0.3) is 0 Å². The molecule has 0 aromatic heterocycles. The van der Waals surface area contributed by atoms with E-state index in [9.17, 15) is 5.11 Å². The van der Waals surface area contributed by atoms with Crippen molar-refractivity contribution < 1.29 is 5.11 Å². The van der Waals surface area contributed by atoms with Gasteiger partial charge in [-0.15, -0.1) is 12.3 Å². The Kier molecular flexibility index (Phi) is 4.23. The zero-order chi connectivity index (χ0) is 12.1. The number of aliphatic hydroxyl groups is 1. The topological polar surface area (TPSA) is 20.2 Å². The van der Waals surface area contributed by atoms with Crippen LogP contribution in [0.3, 0.4) is 0 Å². The molecule has 1 heteroatoms. The Morgan fingerprint density at radius 1 is 1.35 bits per heavy atom. The third-order valence-electron chi connectivity index (χ3n) is 3.75. The molecular weight excluding hydrogens is 208 g/mol. The van der Waals surface area contributed by atoms with Gasteiger partial charge in [0.05, 0.1) is 6.10 Å². The van der Waals surface area contributed by atoms with Crippen LogP contribution in [0.4, 0.5) is 0 Å². The summed E-state index contributed by atoms with van der Waals surface area (Å²) in [5, 5.41) is 10.2. The number of fused-ring (bicyclic) bond motifs is 1. The molecule has 0 radical (unpaired) electrons. The molecule has 1 aliphatic carbocycles. The first-order chi connectivity index (χ1) is 8.31. The minimum atomic E-state index is -0.184. The minimum Gasteiger partial charge on any atom is -0.393 e. The summed E-state index contributed by atoms with van der Waals surface area (Å²) in [6.45, 7) is 0. The number of benzene rings is 1. The smallest absolute Gasteiger partial charge is 0.0572 e. The molecule has 0 aliphatic heterocycles. The Morgan fingerprint density at radius 3 is 2.88 bits per heavy atom. The van der Waals surface area contributed by atoms with Crippen LogP contribution >= 0.6 is 0 Å². The van der Waals surface area contributed by atoms with E-state index in [2.05, 4.69) is 30.2 Å². The molecule has 2 atom stereocenters. The lowest BCUT2D eigenvalue weighted by Gasteiger charge is -2.28. The van der Waals surface area contributed by atoms with E-state index in [-0.39, 0.29) is 6.10 Å². The lowest BCUT2D eigenvalue weighted by atomic mass is 9.80. The summed E-state index contributed by atoms with van der Waals surface area (Å²) in [5.74, 6) is 3.05. The lowest BCUT2D eigenvalue weighted by Crippen LogP contribution is -2.26. The van der Waals surface area contributed by atoms with E-state index in [1.165, 1.54) is 11.1 Å². The fraction of sp³-hybridized carbons (Fsp3) is 0.500. The molecule has 2 unspecified atom stereocenters. The van der Waals surface area contributed by atoms with Crippen molar-refractivity contribution in [2.75, 3.05) is 0 Å². The number of unbranched alkanes of at least 4 members (excludes halogenated alkanes) is 1. The van der Waals surface area contributed by atoms with E-state index >= 15 is 0 Å². The van der Waals surface area contributed by atoms with Crippen LogP contribution in [0.1, 0.15) is 36.8 Å². The standard InChI is InChI=1S/C16H20O/c1-2-3-4-9-16(17)15-11-10-13-7-5-6-8-14(13)12-15/h1,5-8,15-17H,3-4,9-12H2. The third-order valence-corrected chi connectivity index (χ3v) is 3.75. The van der Waals surface area contributed by atoms with Crippen molar-refractivity contribution in [3.05, 3.63) is 35.4 Å². The summed E-state index contributed by atoms with van der Waals surface area (Å²) in [7, 11) is 0. The molecule has 17 heavy (non-hydrogen) atoms. The van der Waals surface area contributed by atoms with Gasteiger partial charge in [-0.3, -0.25) is 0 Å². The van der Waals surface area contributed by atoms with Crippen LogP contribution < -0.4 is 0 Å². The van der Waals surface area contributed by atoms with E-state index in [1.54, 1.807) is 0 Å². The van der Waals surface area contributed by atoms with Gasteiger partial charge in [0.2, 0.25) is 0 Å². The summed E-state index contributed by atoms with van der Waals surface area (Å²) in [6.07, 6.45) is 10.8. The summed E-state index contributed by atoms with van der Waals surface area (Å²) in [5.41, 5.74) is 2.87. The fourth-order valence-corrected chi connectivity index (χ4v) is 2.70. The van der Waals surface area contributed by atoms with Crippen LogP contribution in [-0.2, 0) is 12.8 Å². The monoisotopic (exact) mass is 228 g/mol. The van der Waals surface area contributed by atoms with Crippen molar-refractivity contribution in [1.82, 2.24) is 0 Å². The number of hydrogen-bond donors (Lipinski definition) is 1. The molecule has 0 amide bonds. The maximum Gasteiger partial charge on any atom is 0.0572 e. The van der Waals surface area contributed by atoms with Gasteiger partial charge in [-0.2, -0.15) is 0 Å². The first-order valence-electron chi connectivity index (χ1n) is 6.49. The largest absolute Gasteiger partial charge is 0.393 e. The SMILES string of the molecule is C#CCCCC(O)C1CCc2ccccc2C1. The van der Waals surface area contributed by atoms with Crippen molar-refractivity contribution in [3.63, 3.8) is 0 Å². The molecule has 0 heterocycles. The molecule has 0 saturated carbocycles. The molecule has 0 saturated heterocycles. The zero-order valence-corrected chi connectivity index (χ0v) is 10.2. The molecule has 0 spiro atoms. The third kappa shape index (κ3) is 3.11. The van der Waals surface area contributed by atoms with Crippen LogP contribution in [0, 0.1) is 18.3 Å². The normalized spacial score (nSPS) is 20.4. The molecular formula is C16H20O. The molecule has 1 nitrogen and oxygen atoms in total. The van der Waals surface area contributed by atoms with Gasteiger partial charge in [0.1, 0.15) is 0 Å². The van der Waals surface area contributed by atoms with Gasteiger partial charge >= 0.3 is 0 Å². The van der Waals surface area contributed by atoms with E-state index in [4.69, 9.17) is 6.42 Å². The van der Waals surface area contributed by atoms with E-state index < -0.39 is 0 Å². The van der Waals surface area contributed by atoms with E-state index in [0.29, 0.717) is 5.92 Å². The summed E-state index contributed by atoms with van der Waals surface area (Å²) in [4.78, 5) is 0. The Bertz CT molecular complexity index is 402. The summed E-state index contributed by atoms with van der Waals surface area (Å²) in [6, 6.07) is 8.58. The van der Waals surface area contributed by atoms with Crippen LogP contribution in [-0.4, -0.2) is 11.2 Å². The maximum absolute atomic E-state index is 10.2. The van der Waals surface area contributed by atoms with Gasteiger partial charge < -0.3 is 5.11 Å². The van der Waals surface area contributed by atoms with E-state index in [0.717, 1.165) is 38.5 Å². The van der Waals surface area contributed by atoms with Crippen molar-refractivity contribution in [1.29, 1.82) is 0 Å². The van der Waals surface area contributed by atoms with Gasteiger partial charge in [0, 0.05) is 6.42 Å². The highest BCUT2D eigenvalue weighted by molar-refractivity contribution is 5.29. The summed E-state index contributed by atoms with van der Waals surface area (Å²) >= 11 is 0. The Morgan fingerprint density at radius 2 is 2.12 bits per heavy atom. The second-order valence-electron chi connectivity index (χ2n) is 4.94. The van der Waals surface area contributed by atoms with Gasteiger partial charge in [0.15, 0.2) is 0 Å². The lowest BCUT2D eigenvalue weighted by molar-refractivity contribution is 0.0892. The van der Waals surface area contributed by atoms with Crippen LogP contribution in [0.5, 0.6) is 0 Å². The zero-order valence-electron chi connectivity index (χ0n) is 10.2. The van der Waals surface area contributed by atoms with Gasteiger partial charge in [-0.05, 0) is 49.1 Å². The first-order valence-corrected chi connectivity index (χ1v) is 6.49. The first kappa shape index (κ1) is 12.2. The molecule has 0 bridgehead atoms. The predicted octanol–water partition coefficient (Wildman–Crippen LogP) is 2.96. The molecule has 1 aromatic carbocycles. The van der Waals surface area contributed by atoms with E-state index in [1.807, 2.05) is 0 Å². The Hall–Kier alpha value is -1.26. The van der Waals surface area contributed by atoms with Gasteiger partial charge in [-0.1, -0.05) is 24.3 Å². The molecule has 90 valence electrons. The molecule has 1 aliphatic rings. The number of terminal acetylenes is 1. The Labute approximate surface area is 104 Å². The molecule has 1 aromatic rings. The van der Waals surface area contributed by atoms with Gasteiger partial charge in [-0.25, -0.2) is 0 Å². The van der Waals surface area contributed by atoms with Crippen molar-refractivity contribution in [2.24, 2.45) is 5.92 Å². The van der Waals surface area contributed by atoms with Crippen molar-refractivity contribution in [2.45, 2.75) is 44.6 Å². The minimum absolute atomic E-state index is 0.184. The second-order valence-corrected chi connectivity index (χ2v) is 4.94. The number of hydrogen-bond acceptors (Lipinski definition) is 1. The second kappa shape index (κ2) is 5.89. The van der Waals surface area contributed by atoms with Crippen LogP contribution in [0.15, 0.2) is 24.3 Å². The maximum atomic E-state index is 10.2. The molecule has 0 fully saturated rings. The summed E-state index contributed by atoms with van der Waals surface area (Å²) < 4.78 is 0.